The van der Waals surface area contributed by atoms with Gasteiger partial charge in [-0.15, -0.1) is 0 Å². The van der Waals surface area contributed by atoms with Crippen molar-refractivity contribution in [1.29, 1.82) is 0 Å². The van der Waals surface area contributed by atoms with Crippen LogP contribution in [0.5, 0.6) is 0 Å². The lowest BCUT2D eigenvalue weighted by molar-refractivity contribution is -0.281. The monoisotopic (exact) mass is 482 g/mol. The first-order valence-electron chi connectivity index (χ1n) is 9.93. The first-order valence-corrected chi connectivity index (χ1v) is 9.93. The van der Waals surface area contributed by atoms with Gasteiger partial charge in [-0.1, -0.05) is 0 Å². The molecule has 1 saturated heterocycles. The number of ether oxygens (including phenoxy) is 5. The molecular weight excluding hydrogens is 454 g/mol. The van der Waals surface area contributed by atoms with Crippen LogP contribution in [-0.4, -0.2) is 85.4 Å². The van der Waals surface area contributed by atoms with Crippen LogP contribution >= 0.6 is 0 Å². The average molecular weight is 482 g/mol. The molecule has 0 bridgehead atoms. The SMILES string of the molecule is CCOC(=O)[C@]1(F)O[C@@H]([C@@H](OC(C)=O)[C@H](COC(C)=O)OC(C)=O)[C@H](NC(C)=O)[C@@H](N)[C@H]1F. The van der Waals surface area contributed by atoms with Crippen LogP contribution in [0.1, 0.15) is 34.6 Å². The number of carbonyl (C=O) groups excluding carboxylic acids is 5. The number of halogens is 2. The highest BCUT2D eigenvalue weighted by atomic mass is 19.2. The summed E-state index contributed by atoms with van der Waals surface area (Å²) in [5.41, 5.74) is 5.81. The van der Waals surface area contributed by atoms with Gasteiger partial charge in [0.1, 0.15) is 12.7 Å². The lowest BCUT2D eigenvalue weighted by atomic mass is 9.86. The van der Waals surface area contributed by atoms with E-state index in [2.05, 4.69) is 10.1 Å². The molecule has 1 heterocycles. The second kappa shape index (κ2) is 11.8. The third kappa shape index (κ3) is 7.32. The van der Waals surface area contributed by atoms with E-state index in [9.17, 15) is 28.4 Å². The Kier molecular flexibility index (Phi) is 10.1. The first kappa shape index (κ1) is 28.2. The molecule has 0 aromatic rings. The average Bonchev–Trinajstić information content (AvgIpc) is 2.69. The van der Waals surface area contributed by atoms with Crippen molar-refractivity contribution < 1.29 is 56.4 Å². The highest BCUT2D eigenvalue weighted by Crippen LogP contribution is 2.37. The third-order valence-electron chi connectivity index (χ3n) is 4.45. The van der Waals surface area contributed by atoms with Crippen molar-refractivity contribution in [1.82, 2.24) is 5.32 Å². The first-order chi connectivity index (χ1) is 15.2. The fourth-order valence-electron chi connectivity index (χ4n) is 3.21. The molecule has 0 aliphatic carbocycles. The van der Waals surface area contributed by atoms with Gasteiger partial charge < -0.3 is 34.7 Å². The van der Waals surface area contributed by atoms with E-state index in [4.69, 9.17) is 24.7 Å². The Labute approximate surface area is 188 Å². The predicted molar refractivity (Wildman–Crippen MR) is 104 cm³/mol. The van der Waals surface area contributed by atoms with Gasteiger partial charge in [0, 0.05) is 27.7 Å². The molecule has 1 aliphatic rings. The summed E-state index contributed by atoms with van der Waals surface area (Å²) in [7, 11) is 0. The summed E-state index contributed by atoms with van der Waals surface area (Å²) in [6.07, 6.45) is -8.09. The second-order valence-corrected chi connectivity index (χ2v) is 7.18. The zero-order chi connectivity index (χ0) is 25.5. The van der Waals surface area contributed by atoms with Gasteiger partial charge in [0.2, 0.25) is 5.91 Å². The van der Waals surface area contributed by atoms with Crippen molar-refractivity contribution in [2.75, 3.05) is 13.2 Å². The van der Waals surface area contributed by atoms with Crippen molar-refractivity contribution >= 4 is 29.8 Å². The summed E-state index contributed by atoms with van der Waals surface area (Å²) in [4.78, 5) is 58.6. The lowest BCUT2D eigenvalue weighted by Crippen LogP contribution is -2.74. The number of alkyl halides is 2. The van der Waals surface area contributed by atoms with Crippen molar-refractivity contribution in [3.05, 3.63) is 0 Å². The summed E-state index contributed by atoms with van der Waals surface area (Å²) in [5, 5.41) is 2.26. The van der Waals surface area contributed by atoms with Crippen LogP contribution in [0.3, 0.4) is 0 Å². The van der Waals surface area contributed by atoms with E-state index in [0.29, 0.717) is 0 Å². The Balaban J connectivity index is 3.57. The van der Waals surface area contributed by atoms with Gasteiger partial charge in [0.25, 0.3) is 0 Å². The molecule has 12 nitrogen and oxygen atoms in total. The Hall–Kier alpha value is -2.87. The van der Waals surface area contributed by atoms with Crippen LogP contribution in [-0.2, 0) is 47.7 Å². The molecule has 0 radical (unpaired) electrons. The van der Waals surface area contributed by atoms with E-state index >= 15 is 4.39 Å². The van der Waals surface area contributed by atoms with E-state index in [1.54, 1.807) is 0 Å². The van der Waals surface area contributed by atoms with Crippen molar-refractivity contribution in [3.8, 4) is 0 Å². The third-order valence-corrected chi connectivity index (χ3v) is 4.45. The van der Waals surface area contributed by atoms with Crippen molar-refractivity contribution in [2.24, 2.45) is 5.73 Å². The van der Waals surface area contributed by atoms with Crippen LogP contribution in [0, 0.1) is 0 Å². The largest absolute Gasteiger partial charge is 0.462 e. The van der Waals surface area contributed by atoms with Crippen LogP contribution in [0.2, 0.25) is 0 Å². The molecule has 1 amide bonds. The van der Waals surface area contributed by atoms with Gasteiger partial charge >= 0.3 is 29.7 Å². The van der Waals surface area contributed by atoms with E-state index in [0.717, 1.165) is 27.7 Å². The molecule has 0 aromatic heterocycles. The van der Waals surface area contributed by atoms with Crippen molar-refractivity contribution in [2.45, 2.75) is 77.0 Å². The topological polar surface area (TPSA) is 170 Å². The van der Waals surface area contributed by atoms with Crippen LogP contribution in [0.25, 0.3) is 0 Å². The van der Waals surface area contributed by atoms with Gasteiger partial charge in [-0.25, -0.2) is 9.18 Å². The number of carbonyl (C=O) groups is 5. The normalized spacial score (nSPS) is 28.6. The Bertz CT molecular complexity index is 767. The number of esters is 4. The molecule has 188 valence electrons. The zero-order valence-corrected chi connectivity index (χ0v) is 18.8. The lowest BCUT2D eigenvalue weighted by Gasteiger charge is -2.47. The maximum absolute atomic E-state index is 15.5. The van der Waals surface area contributed by atoms with Crippen molar-refractivity contribution in [3.63, 3.8) is 0 Å². The van der Waals surface area contributed by atoms with E-state index in [-0.39, 0.29) is 6.61 Å². The molecule has 0 unspecified atom stereocenters. The molecule has 7 atom stereocenters. The summed E-state index contributed by atoms with van der Waals surface area (Å²) in [5.74, 6) is -8.95. The number of nitrogens with two attached hydrogens (primary N) is 1. The molecule has 0 saturated carbocycles. The predicted octanol–water partition coefficient (Wildman–Crippen LogP) is -0.789. The molecule has 0 spiro atoms. The van der Waals surface area contributed by atoms with Crippen LogP contribution < -0.4 is 11.1 Å². The number of hydrogen-bond acceptors (Lipinski definition) is 11. The Morgan fingerprint density at radius 3 is 2.06 bits per heavy atom. The summed E-state index contributed by atoms with van der Waals surface area (Å²) in [6, 6.07) is -3.47. The number of nitrogens with one attached hydrogen (secondary N) is 1. The van der Waals surface area contributed by atoms with Gasteiger partial charge in [0.05, 0.1) is 18.7 Å². The Morgan fingerprint density at radius 2 is 1.61 bits per heavy atom. The Morgan fingerprint density at radius 1 is 1.03 bits per heavy atom. The summed E-state index contributed by atoms with van der Waals surface area (Å²) in [6.45, 7) is 4.35. The van der Waals surface area contributed by atoms with E-state index < -0.39 is 78.8 Å². The van der Waals surface area contributed by atoms with E-state index in [1.165, 1.54) is 6.92 Å². The molecule has 1 fully saturated rings. The van der Waals surface area contributed by atoms with Gasteiger partial charge in [0.15, 0.2) is 18.4 Å². The van der Waals surface area contributed by atoms with Gasteiger partial charge in [-0.2, -0.15) is 4.39 Å². The maximum atomic E-state index is 15.5. The maximum Gasteiger partial charge on any atom is 0.375 e. The quantitative estimate of drug-likeness (QED) is 0.312. The smallest absolute Gasteiger partial charge is 0.375 e. The summed E-state index contributed by atoms with van der Waals surface area (Å²) >= 11 is 0. The standard InChI is InChI=1S/C19H28F2N2O10/c1-6-29-18(28)19(21)17(20)13(22)14(23-8(2)24)16(33-19)15(32-11(5)27)12(31-10(4)26)7-30-9(3)25/h12-17H,6-7,22H2,1-5H3,(H,23,24)/t12-,13+,14+,15-,16+,17+,19+/m0/s1. The molecule has 0 aromatic carbocycles. The molecule has 33 heavy (non-hydrogen) atoms. The number of amides is 1. The van der Waals surface area contributed by atoms with Gasteiger partial charge in [-0.3, -0.25) is 19.2 Å². The second-order valence-electron chi connectivity index (χ2n) is 7.18. The highest BCUT2D eigenvalue weighted by Gasteiger charge is 2.63. The minimum atomic E-state index is -3.75. The molecule has 14 heteroatoms. The fraction of sp³-hybridized carbons (Fsp3) is 0.737. The van der Waals surface area contributed by atoms with Crippen LogP contribution in [0.15, 0.2) is 0 Å². The minimum absolute atomic E-state index is 0.328. The van der Waals surface area contributed by atoms with E-state index in [1.807, 2.05) is 0 Å². The minimum Gasteiger partial charge on any atom is -0.462 e. The zero-order valence-electron chi connectivity index (χ0n) is 18.8. The molecule has 3 N–H and O–H groups in total. The summed E-state index contributed by atoms with van der Waals surface area (Å²) < 4.78 is 55.1. The fourth-order valence-corrected chi connectivity index (χ4v) is 3.21. The number of rotatable bonds is 9. The number of hydrogen-bond donors (Lipinski definition) is 2. The highest BCUT2D eigenvalue weighted by molar-refractivity contribution is 5.79. The van der Waals surface area contributed by atoms with Gasteiger partial charge in [-0.05, 0) is 6.92 Å². The van der Waals surface area contributed by atoms with Crippen LogP contribution in [0.4, 0.5) is 8.78 Å². The molecular formula is C19H28F2N2O10. The molecule has 1 aliphatic heterocycles. The molecule has 1 rings (SSSR count).